The normalized spacial score (nSPS) is 10.5. The highest BCUT2D eigenvalue weighted by molar-refractivity contribution is 9.10. The Morgan fingerprint density at radius 3 is 2.58 bits per heavy atom. The van der Waals surface area contributed by atoms with Gasteiger partial charge in [0.15, 0.2) is 5.11 Å². The average molecular weight is 485 g/mol. The largest absolute Gasteiger partial charge is 0.362 e. The fourth-order valence-corrected chi connectivity index (χ4v) is 3.87. The lowest BCUT2D eigenvalue weighted by atomic mass is 10.2. The molecule has 2 N–H and O–H groups in total. The van der Waals surface area contributed by atoms with E-state index < -0.39 is 0 Å². The van der Waals surface area contributed by atoms with Gasteiger partial charge in [-0.1, -0.05) is 40.9 Å². The van der Waals surface area contributed by atoms with Crippen LogP contribution in [0.15, 0.2) is 40.9 Å². The zero-order chi connectivity index (χ0) is 17.5. The first-order chi connectivity index (χ1) is 11.5. The highest BCUT2D eigenvalue weighted by Gasteiger charge is 2.03. The highest BCUT2D eigenvalue weighted by atomic mass is 79.9. The summed E-state index contributed by atoms with van der Waals surface area (Å²) in [6.07, 6.45) is 0. The van der Waals surface area contributed by atoms with Crippen molar-refractivity contribution >= 4 is 85.5 Å². The quantitative estimate of drug-likeness (QED) is 0.355. The predicted molar refractivity (Wildman–Crippen MR) is 116 cm³/mol. The van der Waals surface area contributed by atoms with Gasteiger partial charge < -0.3 is 10.6 Å². The third-order valence-electron chi connectivity index (χ3n) is 2.98. The molecule has 128 valence electrons. The van der Waals surface area contributed by atoms with Crippen LogP contribution in [0.3, 0.4) is 0 Å². The zero-order valence-electron chi connectivity index (χ0n) is 12.4. The Bertz CT molecular complexity index is 728. The van der Waals surface area contributed by atoms with Crippen molar-refractivity contribution in [2.75, 3.05) is 17.6 Å². The molecule has 0 amide bonds. The average Bonchev–Trinajstić information content (AvgIpc) is 2.52. The number of hydrogen-bond acceptors (Lipinski definition) is 2. The van der Waals surface area contributed by atoms with Crippen molar-refractivity contribution < 1.29 is 0 Å². The van der Waals surface area contributed by atoms with Gasteiger partial charge >= 0.3 is 0 Å². The number of benzene rings is 2. The third-order valence-corrected chi connectivity index (χ3v) is 6.06. The number of hydrogen-bond donors (Lipinski definition) is 2. The van der Waals surface area contributed by atoms with Gasteiger partial charge in [-0.2, -0.15) is 11.8 Å². The minimum Gasteiger partial charge on any atom is -0.362 e. The summed E-state index contributed by atoms with van der Waals surface area (Å²) >= 11 is 28.5. The number of nitrogens with one attached hydrogen (secondary N) is 2. The standard InChI is InChI=1S/C16H14BrCl3N2S2/c17-13-4-3-12(8-15(13)20)22-16(23)21-5-6-24-9-10-1-2-11(18)7-14(10)19/h1-4,7-8H,5-6,9H2,(H2,21,22,23). The molecule has 0 aliphatic rings. The molecule has 0 aliphatic heterocycles. The Morgan fingerprint density at radius 1 is 1.08 bits per heavy atom. The summed E-state index contributed by atoms with van der Waals surface area (Å²) in [4.78, 5) is 0. The molecule has 0 fully saturated rings. The Kier molecular flexibility index (Phi) is 8.47. The van der Waals surface area contributed by atoms with Gasteiger partial charge in [-0.3, -0.25) is 0 Å². The smallest absolute Gasteiger partial charge is 0.170 e. The molecule has 2 nitrogen and oxygen atoms in total. The summed E-state index contributed by atoms with van der Waals surface area (Å²) in [6.45, 7) is 0.756. The summed E-state index contributed by atoms with van der Waals surface area (Å²) < 4.78 is 0.853. The van der Waals surface area contributed by atoms with Crippen LogP contribution >= 0.6 is 74.7 Å². The molecule has 0 unspecified atom stereocenters. The van der Waals surface area contributed by atoms with Gasteiger partial charge in [0.05, 0.1) is 5.02 Å². The van der Waals surface area contributed by atoms with E-state index in [9.17, 15) is 0 Å². The maximum Gasteiger partial charge on any atom is 0.170 e. The second-order valence-corrected chi connectivity index (χ2v) is 8.42. The maximum absolute atomic E-state index is 6.15. The number of halogens is 4. The van der Waals surface area contributed by atoms with Gasteiger partial charge in [0.25, 0.3) is 0 Å². The van der Waals surface area contributed by atoms with E-state index >= 15 is 0 Å². The summed E-state index contributed by atoms with van der Waals surface area (Å²) in [7, 11) is 0. The molecule has 2 aromatic carbocycles. The lowest BCUT2D eigenvalue weighted by Gasteiger charge is -2.11. The SMILES string of the molecule is S=C(NCCSCc1ccc(Cl)cc1Cl)Nc1ccc(Br)c(Cl)c1. The molecule has 2 rings (SSSR count). The molecule has 0 saturated carbocycles. The van der Waals surface area contributed by atoms with Gasteiger partial charge in [0.1, 0.15) is 0 Å². The van der Waals surface area contributed by atoms with Crippen LogP contribution in [0.5, 0.6) is 0 Å². The van der Waals surface area contributed by atoms with Crippen LogP contribution < -0.4 is 10.6 Å². The topological polar surface area (TPSA) is 24.1 Å². The van der Waals surface area contributed by atoms with Gasteiger partial charge in [-0.15, -0.1) is 0 Å². The minimum absolute atomic E-state index is 0.568. The van der Waals surface area contributed by atoms with Crippen molar-refractivity contribution in [1.29, 1.82) is 0 Å². The number of rotatable bonds is 6. The van der Waals surface area contributed by atoms with E-state index in [1.54, 1.807) is 17.8 Å². The lowest BCUT2D eigenvalue weighted by Crippen LogP contribution is -2.30. The molecule has 0 bridgehead atoms. The van der Waals surface area contributed by atoms with E-state index in [4.69, 9.17) is 47.0 Å². The van der Waals surface area contributed by atoms with Crippen molar-refractivity contribution in [3.05, 3.63) is 61.5 Å². The fraction of sp³-hybridized carbons (Fsp3) is 0.188. The van der Waals surface area contributed by atoms with Crippen molar-refractivity contribution in [1.82, 2.24) is 5.32 Å². The van der Waals surface area contributed by atoms with Crippen LogP contribution in [0, 0.1) is 0 Å². The second-order valence-electron chi connectivity index (χ2n) is 4.80. The Labute approximate surface area is 174 Å². The van der Waals surface area contributed by atoms with Gasteiger partial charge in [0.2, 0.25) is 0 Å². The molecule has 0 saturated heterocycles. The van der Waals surface area contributed by atoms with Crippen LogP contribution in [-0.4, -0.2) is 17.4 Å². The minimum atomic E-state index is 0.568. The molecule has 0 aromatic heterocycles. The van der Waals surface area contributed by atoms with Crippen LogP contribution in [-0.2, 0) is 5.75 Å². The van der Waals surface area contributed by atoms with Crippen molar-refractivity contribution in [2.45, 2.75) is 5.75 Å². The number of anilines is 1. The van der Waals surface area contributed by atoms with Crippen molar-refractivity contribution in [3.63, 3.8) is 0 Å². The monoisotopic (exact) mass is 482 g/mol. The molecule has 0 aliphatic carbocycles. The van der Waals surface area contributed by atoms with Crippen molar-refractivity contribution in [2.24, 2.45) is 0 Å². The molecule has 0 spiro atoms. The molecule has 0 atom stereocenters. The maximum atomic E-state index is 6.15. The van der Waals surface area contributed by atoms with Crippen molar-refractivity contribution in [3.8, 4) is 0 Å². The molecular formula is C16H14BrCl3N2S2. The summed E-state index contributed by atoms with van der Waals surface area (Å²) in [5, 5.41) is 8.83. The highest BCUT2D eigenvalue weighted by Crippen LogP contribution is 2.26. The van der Waals surface area contributed by atoms with E-state index in [0.29, 0.717) is 20.2 Å². The van der Waals surface area contributed by atoms with E-state index in [2.05, 4.69) is 26.6 Å². The molecule has 0 heterocycles. The van der Waals surface area contributed by atoms with Crippen LogP contribution in [0.1, 0.15) is 5.56 Å². The first-order valence-corrected chi connectivity index (χ1v) is 10.5. The van der Waals surface area contributed by atoms with Gasteiger partial charge in [0, 0.05) is 38.3 Å². The zero-order valence-corrected chi connectivity index (χ0v) is 17.9. The van der Waals surface area contributed by atoms with Gasteiger partial charge in [-0.25, -0.2) is 0 Å². The van der Waals surface area contributed by atoms with Gasteiger partial charge in [-0.05, 0) is 64.0 Å². The van der Waals surface area contributed by atoms with E-state index in [-0.39, 0.29) is 0 Å². The first-order valence-electron chi connectivity index (χ1n) is 6.97. The fourth-order valence-electron chi connectivity index (χ4n) is 1.81. The Hall–Kier alpha value is -0.170. The number of thioether (sulfide) groups is 1. The molecule has 2 aromatic rings. The summed E-state index contributed by atoms with van der Waals surface area (Å²) in [5.41, 5.74) is 1.93. The molecule has 0 radical (unpaired) electrons. The lowest BCUT2D eigenvalue weighted by molar-refractivity contribution is 0.990. The molecule has 24 heavy (non-hydrogen) atoms. The summed E-state index contributed by atoms with van der Waals surface area (Å²) in [6, 6.07) is 11.2. The molecule has 8 heteroatoms. The Morgan fingerprint density at radius 2 is 1.88 bits per heavy atom. The van der Waals surface area contributed by atoms with Crippen LogP contribution in [0.2, 0.25) is 15.1 Å². The van der Waals surface area contributed by atoms with E-state index in [1.165, 1.54) is 0 Å². The molecular weight excluding hydrogens is 471 g/mol. The van der Waals surface area contributed by atoms with E-state index in [1.807, 2.05) is 30.3 Å². The second kappa shape index (κ2) is 10.1. The van der Waals surface area contributed by atoms with Crippen LogP contribution in [0.25, 0.3) is 0 Å². The number of thiocarbonyl (C=S) groups is 1. The Balaban J connectivity index is 1.68. The first kappa shape index (κ1) is 20.1. The summed E-state index contributed by atoms with van der Waals surface area (Å²) in [5.74, 6) is 1.74. The van der Waals surface area contributed by atoms with E-state index in [0.717, 1.165) is 33.8 Å². The van der Waals surface area contributed by atoms with Crippen LogP contribution in [0.4, 0.5) is 5.69 Å². The predicted octanol–water partition coefficient (Wildman–Crippen LogP) is 6.63. The third kappa shape index (κ3) is 6.62.